The van der Waals surface area contributed by atoms with Crippen molar-refractivity contribution in [3.63, 3.8) is 0 Å². The Bertz CT molecular complexity index is 620. The summed E-state index contributed by atoms with van der Waals surface area (Å²) in [6.45, 7) is 7.57. The molecule has 0 radical (unpaired) electrons. The lowest BCUT2D eigenvalue weighted by Crippen LogP contribution is -2.36. The molecule has 1 N–H and O–H groups in total. The van der Waals surface area contributed by atoms with E-state index in [0.29, 0.717) is 12.4 Å². The number of nitrogens with one attached hydrogen (secondary N) is 1. The molecular weight excluding hydrogens is 266 g/mol. The fraction of sp³-hybridized carbons (Fsp3) is 0.250. The molecule has 0 aliphatic carbocycles. The number of rotatable bonds is 6. The standard InChI is InChI=1S/C16H19N3O2/c1-4-10-17-15(20)13(3)21-16-12(2)11-19(18-16)14-8-6-5-7-9-14/h4-9,11,13H,1,10H2,2-3H3,(H,17,20)/t13-/m1/s1. The predicted octanol–water partition coefficient (Wildman–Crippen LogP) is 2.25. The molecule has 110 valence electrons. The van der Waals surface area contributed by atoms with Gasteiger partial charge in [0.05, 0.1) is 5.69 Å². The first kappa shape index (κ1) is 14.8. The van der Waals surface area contributed by atoms with E-state index in [9.17, 15) is 4.79 Å². The molecule has 5 heteroatoms. The lowest BCUT2D eigenvalue weighted by Gasteiger charge is -2.12. The summed E-state index contributed by atoms with van der Waals surface area (Å²) in [6, 6.07) is 9.74. The van der Waals surface area contributed by atoms with Gasteiger partial charge < -0.3 is 10.1 Å². The Balaban J connectivity index is 2.09. The molecule has 0 fully saturated rings. The molecule has 0 saturated heterocycles. The van der Waals surface area contributed by atoms with Crippen LogP contribution in [0.3, 0.4) is 0 Å². The minimum absolute atomic E-state index is 0.191. The summed E-state index contributed by atoms with van der Waals surface area (Å²) in [4.78, 5) is 11.8. The summed E-state index contributed by atoms with van der Waals surface area (Å²) in [7, 11) is 0. The molecule has 0 aliphatic rings. The molecule has 2 rings (SSSR count). The molecular formula is C16H19N3O2. The molecule has 5 nitrogen and oxygen atoms in total. The van der Waals surface area contributed by atoms with Gasteiger partial charge in [0, 0.05) is 18.3 Å². The minimum Gasteiger partial charge on any atom is -0.463 e. The van der Waals surface area contributed by atoms with Crippen molar-refractivity contribution < 1.29 is 9.53 Å². The van der Waals surface area contributed by atoms with Gasteiger partial charge in [-0.15, -0.1) is 11.7 Å². The van der Waals surface area contributed by atoms with Gasteiger partial charge in [-0.2, -0.15) is 0 Å². The summed E-state index contributed by atoms with van der Waals surface area (Å²) >= 11 is 0. The van der Waals surface area contributed by atoms with Gasteiger partial charge in [0.25, 0.3) is 5.91 Å². The number of amides is 1. The monoisotopic (exact) mass is 285 g/mol. The number of carbonyl (C=O) groups is 1. The van der Waals surface area contributed by atoms with Gasteiger partial charge >= 0.3 is 0 Å². The van der Waals surface area contributed by atoms with Crippen LogP contribution in [0.4, 0.5) is 0 Å². The average molecular weight is 285 g/mol. The Labute approximate surface area is 124 Å². The second-order valence-corrected chi connectivity index (χ2v) is 4.69. The Kier molecular flexibility index (Phi) is 4.77. The van der Waals surface area contributed by atoms with Crippen LogP contribution in [-0.4, -0.2) is 28.3 Å². The molecule has 0 spiro atoms. The van der Waals surface area contributed by atoms with Gasteiger partial charge in [0.1, 0.15) is 0 Å². The van der Waals surface area contributed by atoms with Crippen molar-refractivity contribution in [2.24, 2.45) is 0 Å². The van der Waals surface area contributed by atoms with Crippen LogP contribution in [0.2, 0.25) is 0 Å². The van der Waals surface area contributed by atoms with Crippen LogP contribution < -0.4 is 10.1 Å². The molecule has 2 aromatic rings. The SMILES string of the molecule is C=CCNC(=O)[C@@H](C)Oc1nn(-c2ccccc2)cc1C. The molecule has 0 saturated carbocycles. The van der Waals surface area contributed by atoms with E-state index in [1.165, 1.54) is 0 Å². The van der Waals surface area contributed by atoms with Crippen molar-refractivity contribution in [2.75, 3.05) is 6.54 Å². The van der Waals surface area contributed by atoms with Crippen LogP contribution in [0.15, 0.2) is 49.2 Å². The summed E-state index contributed by atoms with van der Waals surface area (Å²) < 4.78 is 7.36. The smallest absolute Gasteiger partial charge is 0.261 e. The van der Waals surface area contributed by atoms with Crippen molar-refractivity contribution in [3.05, 3.63) is 54.7 Å². The Morgan fingerprint density at radius 3 is 2.86 bits per heavy atom. The molecule has 21 heavy (non-hydrogen) atoms. The summed E-state index contributed by atoms with van der Waals surface area (Å²) in [5, 5.41) is 7.07. The van der Waals surface area contributed by atoms with E-state index in [-0.39, 0.29) is 5.91 Å². The highest BCUT2D eigenvalue weighted by atomic mass is 16.5. The van der Waals surface area contributed by atoms with Crippen LogP contribution in [0.5, 0.6) is 5.88 Å². The van der Waals surface area contributed by atoms with Crippen molar-refractivity contribution in [1.82, 2.24) is 15.1 Å². The number of benzene rings is 1. The highest BCUT2D eigenvalue weighted by Gasteiger charge is 2.17. The zero-order chi connectivity index (χ0) is 15.2. The van der Waals surface area contributed by atoms with Gasteiger partial charge in [-0.05, 0) is 26.0 Å². The number of hydrogen-bond donors (Lipinski definition) is 1. The van der Waals surface area contributed by atoms with E-state index >= 15 is 0 Å². The number of hydrogen-bond acceptors (Lipinski definition) is 3. The van der Waals surface area contributed by atoms with Crippen molar-refractivity contribution >= 4 is 5.91 Å². The molecule has 0 bridgehead atoms. The van der Waals surface area contributed by atoms with E-state index in [4.69, 9.17) is 4.74 Å². The first-order chi connectivity index (χ1) is 10.1. The number of aryl methyl sites for hydroxylation is 1. The number of aromatic nitrogens is 2. The van der Waals surface area contributed by atoms with E-state index in [2.05, 4.69) is 17.0 Å². The van der Waals surface area contributed by atoms with Gasteiger partial charge in [-0.1, -0.05) is 24.3 Å². The lowest BCUT2D eigenvalue weighted by molar-refractivity contribution is -0.127. The molecule has 1 aromatic heterocycles. The van der Waals surface area contributed by atoms with Crippen LogP contribution in [0.25, 0.3) is 5.69 Å². The highest BCUT2D eigenvalue weighted by Crippen LogP contribution is 2.19. The summed E-state index contributed by atoms with van der Waals surface area (Å²) in [5.74, 6) is 0.267. The van der Waals surface area contributed by atoms with E-state index in [0.717, 1.165) is 11.3 Å². The quantitative estimate of drug-likeness (QED) is 0.828. The van der Waals surface area contributed by atoms with Crippen LogP contribution in [0.1, 0.15) is 12.5 Å². The average Bonchev–Trinajstić information content (AvgIpc) is 2.86. The third-order valence-electron chi connectivity index (χ3n) is 2.95. The molecule has 1 heterocycles. The first-order valence-corrected chi connectivity index (χ1v) is 6.78. The zero-order valence-electron chi connectivity index (χ0n) is 12.2. The minimum atomic E-state index is -0.609. The molecule has 0 aliphatic heterocycles. The lowest BCUT2D eigenvalue weighted by atomic mass is 10.3. The molecule has 1 amide bonds. The fourth-order valence-electron chi connectivity index (χ4n) is 1.81. The predicted molar refractivity (Wildman–Crippen MR) is 81.6 cm³/mol. The van der Waals surface area contributed by atoms with Crippen molar-refractivity contribution in [3.8, 4) is 11.6 Å². The van der Waals surface area contributed by atoms with E-state index in [1.807, 2.05) is 43.5 Å². The summed E-state index contributed by atoms with van der Waals surface area (Å²) in [6.07, 6.45) is 2.89. The van der Waals surface area contributed by atoms with Gasteiger partial charge in [-0.3, -0.25) is 4.79 Å². The van der Waals surface area contributed by atoms with Gasteiger partial charge in [0.15, 0.2) is 6.10 Å². The Morgan fingerprint density at radius 1 is 1.48 bits per heavy atom. The third kappa shape index (κ3) is 3.72. The van der Waals surface area contributed by atoms with Gasteiger partial charge in [-0.25, -0.2) is 4.68 Å². The Hall–Kier alpha value is -2.56. The van der Waals surface area contributed by atoms with Gasteiger partial charge in [0.2, 0.25) is 5.88 Å². The van der Waals surface area contributed by atoms with Crippen LogP contribution >= 0.6 is 0 Å². The number of nitrogens with zero attached hydrogens (tertiary/aromatic N) is 2. The van der Waals surface area contributed by atoms with E-state index in [1.54, 1.807) is 17.7 Å². The summed E-state index contributed by atoms with van der Waals surface area (Å²) in [5.41, 5.74) is 1.82. The largest absolute Gasteiger partial charge is 0.463 e. The highest BCUT2D eigenvalue weighted by molar-refractivity contribution is 5.80. The molecule has 0 unspecified atom stereocenters. The number of para-hydroxylation sites is 1. The third-order valence-corrected chi connectivity index (χ3v) is 2.95. The number of carbonyl (C=O) groups excluding carboxylic acids is 1. The van der Waals surface area contributed by atoms with E-state index < -0.39 is 6.10 Å². The van der Waals surface area contributed by atoms with Crippen LogP contribution in [0, 0.1) is 6.92 Å². The topological polar surface area (TPSA) is 56.1 Å². The van der Waals surface area contributed by atoms with Crippen LogP contribution in [-0.2, 0) is 4.79 Å². The number of ether oxygens (including phenoxy) is 1. The normalized spacial score (nSPS) is 11.7. The maximum Gasteiger partial charge on any atom is 0.261 e. The molecule has 1 atom stereocenters. The van der Waals surface area contributed by atoms with Crippen molar-refractivity contribution in [2.45, 2.75) is 20.0 Å². The van der Waals surface area contributed by atoms with Crippen molar-refractivity contribution in [1.29, 1.82) is 0 Å². The maximum absolute atomic E-state index is 11.8. The molecule has 1 aromatic carbocycles. The fourth-order valence-corrected chi connectivity index (χ4v) is 1.81. The Morgan fingerprint density at radius 2 is 2.19 bits per heavy atom. The first-order valence-electron chi connectivity index (χ1n) is 6.78. The maximum atomic E-state index is 11.8. The zero-order valence-corrected chi connectivity index (χ0v) is 12.2. The second kappa shape index (κ2) is 6.74. The second-order valence-electron chi connectivity index (χ2n) is 4.69.